The first kappa shape index (κ1) is 26.4. The van der Waals surface area contributed by atoms with Gasteiger partial charge in [-0.05, 0) is 69.4 Å². The van der Waals surface area contributed by atoms with Crippen LogP contribution < -0.4 is 0 Å². The molecule has 2 aromatic rings. The summed E-state index contributed by atoms with van der Waals surface area (Å²) < 4.78 is 2.46. The summed E-state index contributed by atoms with van der Waals surface area (Å²) in [4.78, 5) is 18.0. The summed E-state index contributed by atoms with van der Waals surface area (Å²) in [5.41, 5.74) is 1.30. The van der Waals surface area contributed by atoms with Gasteiger partial charge in [0.25, 0.3) is 0 Å². The van der Waals surface area contributed by atoms with Gasteiger partial charge in [0, 0.05) is 42.5 Å². The second-order valence-electron chi connectivity index (χ2n) is 13.3. The molecule has 4 heterocycles. The van der Waals surface area contributed by atoms with Gasteiger partial charge in [-0.25, -0.2) is 0 Å². The van der Waals surface area contributed by atoms with Crippen LogP contribution in [0, 0.1) is 12.3 Å². The standard InChI is InChI=1S/C31H47N5O/c1-22(2)28-33-32-23(3)36(28)27-20-25-12-13-26(21-27)35(25)19-16-31(24-10-8-7-9-11-24)14-17-34(18-15-31)29(37)30(4,5)6/h7-11,22,25-27H,12-21H2,1-6H3/t25-,26+,27?. The largest absolute Gasteiger partial charge is 0.342 e. The fourth-order valence-electron chi connectivity index (χ4n) is 7.48. The Balaban J connectivity index is 1.29. The van der Waals surface area contributed by atoms with Gasteiger partial charge in [0.1, 0.15) is 11.6 Å². The van der Waals surface area contributed by atoms with Crippen molar-refractivity contribution >= 4 is 5.91 Å². The van der Waals surface area contributed by atoms with Crippen molar-refractivity contribution in [1.82, 2.24) is 24.6 Å². The van der Waals surface area contributed by atoms with Gasteiger partial charge >= 0.3 is 0 Å². The maximum Gasteiger partial charge on any atom is 0.227 e. The van der Waals surface area contributed by atoms with Crippen molar-refractivity contribution in [2.45, 2.75) is 116 Å². The van der Waals surface area contributed by atoms with Gasteiger partial charge in [-0.1, -0.05) is 65.0 Å². The highest BCUT2D eigenvalue weighted by atomic mass is 16.2. The van der Waals surface area contributed by atoms with E-state index in [0.29, 0.717) is 30.0 Å². The van der Waals surface area contributed by atoms with E-state index in [2.05, 4.69) is 75.7 Å². The molecule has 1 aromatic heterocycles. The number of aryl methyl sites for hydroxylation is 1. The summed E-state index contributed by atoms with van der Waals surface area (Å²) in [5, 5.41) is 8.97. The van der Waals surface area contributed by atoms with E-state index < -0.39 is 0 Å². The van der Waals surface area contributed by atoms with Crippen LogP contribution in [0.4, 0.5) is 0 Å². The van der Waals surface area contributed by atoms with Crippen LogP contribution in [0.1, 0.15) is 109 Å². The third-order valence-electron chi connectivity index (χ3n) is 9.52. The number of hydrogen-bond acceptors (Lipinski definition) is 4. The maximum atomic E-state index is 13.0. The Bertz CT molecular complexity index is 1060. The number of carbonyl (C=O) groups is 1. The van der Waals surface area contributed by atoms with Crippen molar-refractivity contribution in [2.75, 3.05) is 19.6 Å². The van der Waals surface area contributed by atoms with Crippen molar-refractivity contribution < 1.29 is 4.79 Å². The Labute approximate surface area is 223 Å². The molecule has 1 amide bonds. The number of nitrogens with zero attached hydrogens (tertiary/aromatic N) is 5. The molecule has 0 radical (unpaired) electrons. The number of likely N-dealkylation sites (tertiary alicyclic amines) is 1. The highest BCUT2D eigenvalue weighted by Crippen LogP contribution is 2.45. The summed E-state index contributed by atoms with van der Waals surface area (Å²) in [6.07, 6.45) is 8.33. The van der Waals surface area contributed by atoms with E-state index in [1.165, 1.54) is 37.7 Å². The molecule has 5 rings (SSSR count). The first-order valence-corrected chi connectivity index (χ1v) is 14.6. The van der Waals surface area contributed by atoms with Crippen molar-refractivity contribution in [3.05, 3.63) is 47.5 Å². The van der Waals surface area contributed by atoms with E-state index in [9.17, 15) is 4.79 Å². The van der Waals surface area contributed by atoms with Crippen LogP contribution in [0.15, 0.2) is 30.3 Å². The molecule has 6 heteroatoms. The van der Waals surface area contributed by atoms with Gasteiger partial charge < -0.3 is 9.47 Å². The first-order valence-electron chi connectivity index (χ1n) is 14.6. The lowest BCUT2D eigenvalue weighted by Crippen LogP contribution is -2.50. The molecule has 0 aliphatic carbocycles. The smallest absolute Gasteiger partial charge is 0.227 e. The summed E-state index contributed by atoms with van der Waals surface area (Å²) in [5.74, 6) is 2.91. The molecule has 3 atom stereocenters. The average Bonchev–Trinajstić information content (AvgIpc) is 3.38. The van der Waals surface area contributed by atoms with Crippen LogP contribution in [0.25, 0.3) is 0 Å². The molecule has 3 saturated heterocycles. The lowest BCUT2D eigenvalue weighted by Gasteiger charge is -2.46. The topological polar surface area (TPSA) is 54.3 Å². The van der Waals surface area contributed by atoms with Crippen LogP contribution in [0.3, 0.4) is 0 Å². The monoisotopic (exact) mass is 505 g/mol. The van der Waals surface area contributed by atoms with E-state index in [-0.39, 0.29) is 10.8 Å². The molecule has 1 aromatic carbocycles. The van der Waals surface area contributed by atoms with E-state index in [4.69, 9.17) is 0 Å². The molecule has 3 fully saturated rings. The minimum absolute atomic E-state index is 0.155. The first-order chi connectivity index (χ1) is 17.6. The molecule has 6 nitrogen and oxygen atoms in total. The Morgan fingerprint density at radius 2 is 1.62 bits per heavy atom. The number of benzene rings is 1. The van der Waals surface area contributed by atoms with Crippen molar-refractivity contribution in [1.29, 1.82) is 0 Å². The highest BCUT2D eigenvalue weighted by molar-refractivity contribution is 5.81. The predicted molar refractivity (Wildman–Crippen MR) is 149 cm³/mol. The minimum Gasteiger partial charge on any atom is -0.342 e. The van der Waals surface area contributed by atoms with E-state index in [0.717, 1.165) is 44.1 Å². The molecule has 2 bridgehead atoms. The van der Waals surface area contributed by atoms with Gasteiger partial charge in [-0.15, -0.1) is 10.2 Å². The number of fused-ring (bicyclic) bond motifs is 2. The van der Waals surface area contributed by atoms with E-state index in [1.54, 1.807) is 0 Å². The number of hydrogen-bond donors (Lipinski definition) is 0. The zero-order valence-corrected chi connectivity index (χ0v) is 23.9. The lowest BCUT2D eigenvalue weighted by atomic mass is 9.70. The molecule has 0 spiro atoms. The van der Waals surface area contributed by atoms with Crippen LogP contribution in [-0.2, 0) is 10.2 Å². The molecular weight excluding hydrogens is 458 g/mol. The Morgan fingerprint density at radius 3 is 2.19 bits per heavy atom. The Hall–Kier alpha value is -2.21. The summed E-state index contributed by atoms with van der Waals surface area (Å²) in [6, 6.07) is 13.0. The van der Waals surface area contributed by atoms with Crippen LogP contribution in [0.2, 0.25) is 0 Å². The van der Waals surface area contributed by atoms with Crippen LogP contribution >= 0.6 is 0 Å². The second-order valence-corrected chi connectivity index (χ2v) is 13.3. The molecule has 1 unspecified atom stereocenters. The van der Waals surface area contributed by atoms with Crippen molar-refractivity contribution in [2.24, 2.45) is 5.41 Å². The maximum absolute atomic E-state index is 13.0. The fraction of sp³-hybridized carbons (Fsp3) is 0.710. The van der Waals surface area contributed by atoms with E-state index in [1.807, 2.05) is 20.8 Å². The Kier molecular flexibility index (Phi) is 7.25. The van der Waals surface area contributed by atoms with Gasteiger partial charge in [-0.3, -0.25) is 9.69 Å². The molecular formula is C31H47N5O. The van der Waals surface area contributed by atoms with E-state index >= 15 is 0 Å². The molecule has 37 heavy (non-hydrogen) atoms. The zero-order valence-electron chi connectivity index (χ0n) is 23.9. The number of aromatic nitrogens is 3. The van der Waals surface area contributed by atoms with Crippen molar-refractivity contribution in [3.8, 4) is 0 Å². The normalized spacial score (nSPS) is 26.1. The number of rotatable bonds is 6. The molecule has 0 N–H and O–H groups in total. The number of piperidine rings is 2. The summed E-state index contributed by atoms with van der Waals surface area (Å²) >= 11 is 0. The fourth-order valence-corrected chi connectivity index (χ4v) is 7.48. The van der Waals surface area contributed by atoms with Crippen LogP contribution in [-0.4, -0.2) is 62.2 Å². The minimum atomic E-state index is -0.311. The molecule has 0 saturated carbocycles. The van der Waals surface area contributed by atoms with Gasteiger partial charge in [0.15, 0.2) is 0 Å². The molecule has 3 aliphatic heterocycles. The quantitative estimate of drug-likeness (QED) is 0.492. The third-order valence-corrected chi connectivity index (χ3v) is 9.52. The van der Waals surface area contributed by atoms with Gasteiger partial charge in [0.2, 0.25) is 5.91 Å². The zero-order chi connectivity index (χ0) is 26.4. The average molecular weight is 506 g/mol. The summed E-state index contributed by atoms with van der Waals surface area (Å²) in [7, 11) is 0. The SMILES string of the molecule is Cc1nnc(C(C)C)n1C1C[C@H]2CC[C@@H](C1)N2CCC1(c2ccccc2)CCN(C(=O)C(C)(C)C)CC1. The predicted octanol–water partition coefficient (Wildman–Crippen LogP) is 5.87. The number of amides is 1. The summed E-state index contributed by atoms with van der Waals surface area (Å²) in [6.45, 7) is 15.6. The van der Waals surface area contributed by atoms with Crippen molar-refractivity contribution in [3.63, 3.8) is 0 Å². The van der Waals surface area contributed by atoms with Crippen LogP contribution in [0.5, 0.6) is 0 Å². The Morgan fingerprint density at radius 1 is 1.00 bits per heavy atom. The molecule has 202 valence electrons. The third kappa shape index (κ3) is 5.10. The lowest BCUT2D eigenvalue weighted by molar-refractivity contribution is -0.141. The number of carbonyl (C=O) groups excluding carboxylic acids is 1. The van der Waals surface area contributed by atoms with Gasteiger partial charge in [-0.2, -0.15) is 0 Å². The highest BCUT2D eigenvalue weighted by Gasteiger charge is 2.44. The van der Waals surface area contributed by atoms with Gasteiger partial charge in [0.05, 0.1) is 0 Å². The second kappa shape index (κ2) is 10.2. The molecule has 3 aliphatic rings.